The molecule has 6 N–H and O–H groups in total. The number of hydrogen-bond acceptors (Lipinski definition) is 12. The summed E-state index contributed by atoms with van der Waals surface area (Å²) in [5.41, 5.74) is 0. The predicted octanol–water partition coefficient (Wildman–Crippen LogP) is 10.2. The molecule has 14 heteroatoms. The number of unbranched alkanes of at least 4 members (excludes halogenated alkanes) is 28. The average molecular weight is 907 g/mol. The van der Waals surface area contributed by atoms with Crippen molar-refractivity contribution in [3.8, 4) is 0 Å². The van der Waals surface area contributed by atoms with Crippen LogP contribution < -0.4 is 0 Å². The van der Waals surface area contributed by atoms with Crippen LogP contribution in [0.1, 0.15) is 226 Å². The minimum Gasteiger partial charge on any atom is -0.462 e. The van der Waals surface area contributed by atoms with Gasteiger partial charge in [0.1, 0.15) is 43.2 Å². The number of allylic oxidation sites excluding steroid dienone is 2. The molecule has 0 radical (unpaired) electrons. The number of ether oxygens (including phenoxy) is 2. The van der Waals surface area contributed by atoms with Gasteiger partial charge in [0.25, 0.3) is 0 Å². The van der Waals surface area contributed by atoms with E-state index in [4.69, 9.17) is 18.5 Å². The lowest BCUT2D eigenvalue weighted by Gasteiger charge is -2.41. The Hall–Kier alpha value is -1.41. The van der Waals surface area contributed by atoms with E-state index in [1.165, 1.54) is 128 Å². The first-order valence-electron chi connectivity index (χ1n) is 25.0. The summed E-state index contributed by atoms with van der Waals surface area (Å²) in [6.45, 7) is 3.28. The third-order valence-corrected chi connectivity index (χ3v) is 12.8. The summed E-state index contributed by atoms with van der Waals surface area (Å²) in [5.74, 6) is -1.10. The molecule has 1 aliphatic rings. The van der Waals surface area contributed by atoms with Crippen molar-refractivity contribution in [2.75, 3.05) is 13.2 Å². The third kappa shape index (κ3) is 30.7. The zero-order chi connectivity index (χ0) is 45.7. The highest BCUT2D eigenvalue weighted by Crippen LogP contribution is 2.47. The summed E-state index contributed by atoms with van der Waals surface area (Å²) in [6, 6.07) is 0. The molecule has 6 unspecified atom stereocenters. The molecule has 1 aliphatic carbocycles. The number of esters is 2. The van der Waals surface area contributed by atoms with Gasteiger partial charge in [-0.1, -0.05) is 193 Å². The van der Waals surface area contributed by atoms with E-state index in [1.807, 2.05) is 0 Å². The maximum atomic E-state index is 12.8. The SMILES string of the molecule is CCCC/C=C/CCCCCCCC(=O)OC[C@H](COP(=O)(O)OC1C(O)C(O)C(O)[C@H](O)C1O)OC(=O)CCCCCCCCCCCCCCCCCCCCCCCC. The Morgan fingerprint density at radius 3 is 1.27 bits per heavy atom. The minimum absolute atomic E-state index is 0.101. The lowest BCUT2D eigenvalue weighted by atomic mass is 9.85. The molecular formula is C48H91O13P. The van der Waals surface area contributed by atoms with Crippen molar-refractivity contribution >= 4 is 19.8 Å². The van der Waals surface area contributed by atoms with Crippen molar-refractivity contribution in [2.45, 2.75) is 268 Å². The Kier molecular flexibility index (Phi) is 36.7. The Bertz CT molecular complexity index is 1140. The number of aliphatic hydroxyl groups is 5. The predicted molar refractivity (Wildman–Crippen MR) is 244 cm³/mol. The summed E-state index contributed by atoms with van der Waals surface area (Å²) >= 11 is 0. The number of carbonyl (C=O) groups excluding carboxylic acids is 2. The quantitative estimate of drug-likeness (QED) is 0.0146. The summed E-state index contributed by atoms with van der Waals surface area (Å²) in [6.07, 6.45) is 28.5. The van der Waals surface area contributed by atoms with Gasteiger partial charge in [-0.25, -0.2) is 4.57 Å². The molecule has 0 aromatic carbocycles. The molecule has 13 nitrogen and oxygen atoms in total. The zero-order valence-corrected chi connectivity index (χ0v) is 39.8. The van der Waals surface area contributed by atoms with Gasteiger partial charge >= 0.3 is 19.8 Å². The van der Waals surface area contributed by atoms with Crippen LogP contribution in [-0.4, -0.2) is 98.3 Å². The fourth-order valence-corrected chi connectivity index (χ4v) is 8.77. The molecule has 0 heterocycles. The number of carbonyl (C=O) groups is 2. The molecule has 1 saturated carbocycles. The van der Waals surface area contributed by atoms with E-state index in [-0.39, 0.29) is 12.8 Å². The van der Waals surface area contributed by atoms with Gasteiger partial charge < -0.3 is 39.9 Å². The second-order valence-corrected chi connectivity index (χ2v) is 19.1. The summed E-state index contributed by atoms with van der Waals surface area (Å²) in [4.78, 5) is 35.7. The van der Waals surface area contributed by atoms with Crippen LogP contribution in [0.5, 0.6) is 0 Å². The molecule has 0 aliphatic heterocycles. The highest BCUT2D eigenvalue weighted by atomic mass is 31.2. The summed E-state index contributed by atoms with van der Waals surface area (Å²) in [7, 11) is -5.11. The molecule has 1 fully saturated rings. The Labute approximate surface area is 375 Å². The third-order valence-electron chi connectivity index (χ3n) is 11.9. The molecule has 0 spiro atoms. The highest BCUT2D eigenvalue weighted by Gasteiger charge is 2.51. The van der Waals surface area contributed by atoms with Gasteiger partial charge in [0.15, 0.2) is 6.10 Å². The van der Waals surface area contributed by atoms with E-state index in [2.05, 4.69) is 26.0 Å². The molecule has 0 amide bonds. The molecule has 0 aromatic rings. The first kappa shape index (κ1) is 58.6. The van der Waals surface area contributed by atoms with Crippen molar-refractivity contribution < 1.29 is 63.1 Å². The lowest BCUT2D eigenvalue weighted by Crippen LogP contribution is -2.64. The van der Waals surface area contributed by atoms with Crippen molar-refractivity contribution in [3.63, 3.8) is 0 Å². The van der Waals surface area contributed by atoms with Gasteiger partial charge in [0.05, 0.1) is 6.61 Å². The lowest BCUT2D eigenvalue weighted by molar-refractivity contribution is -0.220. The van der Waals surface area contributed by atoms with Gasteiger partial charge in [-0.05, 0) is 32.1 Å². The normalized spacial score (nSPS) is 21.9. The molecule has 0 saturated heterocycles. The van der Waals surface area contributed by atoms with Crippen molar-refractivity contribution in [2.24, 2.45) is 0 Å². The second kappa shape index (κ2) is 38.8. The first-order valence-corrected chi connectivity index (χ1v) is 26.5. The minimum atomic E-state index is -5.11. The van der Waals surface area contributed by atoms with Crippen molar-refractivity contribution in [1.29, 1.82) is 0 Å². The Morgan fingerprint density at radius 1 is 0.484 bits per heavy atom. The van der Waals surface area contributed by atoms with Crippen molar-refractivity contribution in [3.05, 3.63) is 12.2 Å². The van der Waals surface area contributed by atoms with E-state index in [1.54, 1.807) is 0 Å². The zero-order valence-electron chi connectivity index (χ0n) is 38.9. The van der Waals surface area contributed by atoms with Crippen LogP contribution in [0, 0.1) is 0 Å². The summed E-state index contributed by atoms with van der Waals surface area (Å²) < 4.78 is 33.5. The van der Waals surface area contributed by atoms with Crippen LogP contribution in [0.15, 0.2) is 12.2 Å². The van der Waals surface area contributed by atoms with Crippen LogP contribution in [0.2, 0.25) is 0 Å². The molecule has 8 atom stereocenters. The summed E-state index contributed by atoms with van der Waals surface area (Å²) in [5, 5.41) is 50.2. The van der Waals surface area contributed by atoms with Gasteiger partial charge in [-0.3, -0.25) is 18.6 Å². The monoisotopic (exact) mass is 907 g/mol. The van der Waals surface area contributed by atoms with Crippen molar-refractivity contribution in [1.82, 2.24) is 0 Å². The molecular weight excluding hydrogens is 815 g/mol. The van der Waals surface area contributed by atoms with Crippen LogP contribution >= 0.6 is 7.82 Å². The fourth-order valence-electron chi connectivity index (χ4n) is 7.80. The standard InChI is InChI=1S/C48H91O13P/c1-3-5-7-9-11-13-15-16-17-18-19-20-21-22-23-24-25-27-29-31-33-35-37-42(50)60-40(38-58-41(49)36-34-32-30-28-26-14-12-10-8-6-4-2)39-59-62(56,57)61-48-46(54)44(52)43(51)45(53)47(48)55/h10,12,40,43-48,51-55H,3-9,11,13-39H2,1-2H3,(H,56,57)/b12-10+/t40-,43?,44+,45?,46?,47?,48?/m1/s1. The molecule has 366 valence electrons. The van der Waals surface area contributed by atoms with Crippen LogP contribution in [0.3, 0.4) is 0 Å². The molecule has 0 bridgehead atoms. The number of aliphatic hydroxyl groups excluding tert-OH is 5. The maximum Gasteiger partial charge on any atom is 0.472 e. The van der Waals surface area contributed by atoms with E-state index < -0.39 is 75.7 Å². The van der Waals surface area contributed by atoms with E-state index in [0.717, 1.165) is 57.8 Å². The Morgan fingerprint density at radius 2 is 0.839 bits per heavy atom. The first-order chi connectivity index (χ1) is 29.9. The number of phosphoric acid groups is 1. The van der Waals surface area contributed by atoms with E-state index >= 15 is 0 Å². The van der Waals surface area contributed by atoms with Gasteiger partial charge in [-0.15, -0.1) is 0 Å². The number of phosphoric ester groups is 1. The topological polar surface area (TPSA) is 210 Å². The second-order valence-electron chi connectivity index (χ2n) is 17.7. The van der Waals surface area contributed by atoms with Crippen LogP contribution in [-0.2, 0) is 32.7 Å². The number of hydrogen-bond donors (Lipinski definition) is 6. The fraction of sp³-hybridized carbons (Fsp3) is 0.917. The number of rotatable bonds is 42. The van der Waals surface area contributed by atoms with Crippen LogP contribution in [0.4, 0.5) is 0 Å². The maximum absolute atomic E-state index is 12.8. The average Bonchev–Trinajstić information content (AvgIpc) is 3.25. The largest absolute Gasteiger partial charge is 0.472 e. The van der Waals surface area contributed by atoms with Gasteiger partial charge in [0, 0.05) is 12.8 Å². The van der Waals surface area contributed by atoms with Crippen LogP contribution in [0.25, 0.3) is 0 Å². The molecule has 62 heavy (non-hydrogen) atoms. The molecule has 1 rings (SSSR count). The highest BCUT2D eigenvalue weighted by molar-refractivity contribution is 7.47. The van der Waals surface area contributed by atoms with E-state index in [0.29, 0.717) is 12.8 Å². The molecule has 0 aromatic heterocycles. The van der Waals surface area contributed by atoms with Gasteiger partial charge in [0.2, 0.25) is 0 Å². The van der Waals surface area contributed by atoms with Gasteiger partial charge in [-0.2, -0.15) is 0 Å². The van der Waals surface area contributed by atoms with E-state index in [9.17, 15) is 44.6 Å². The smallest absolute Gasteiger partial charge is 0.462 e. The Balaban J connectivity index is 2.35.